The summed E-state index contributed by atoms with van der Waals surface area (Å²) < 4.78 is 1.22. The second kappa shape index (κ2) is 4.81. The molecule has 0 bridgehead atoms. The van der Waals surface area contributed by atoms with Crippen LogP contribution in [0.25, 0.3) is 5.69 Å². The first-order chi connectivity index (χ1) is 9.43. The molecule has 0 aliphatic carbocycles. The van der Waals surface area contributed by atoms with Gasteiger partial charge in [0, 0.05) is 18.3 Å². The molecule has 8 heteroatoms. The van der Waals surface area contributed by atoms with Crippen LogP contribution in [0.5, 0.6) is 0 Å². The summed E-state index contributed by atoms with van der Waals surface area (Å²) in [6.45, 7) is 1.53. The van der Waals surface area contributed by atoms with Crippen molar-refractivity contribution in [2.75, 3.05) is 0 Å². The van der Waals surface area contributed by atoms with E-state index < -0.39 is 10.9 Å². The van der Waals surface area contributed by atoms with Crippen molar-refractivity contribution in [3.05, 3.63) is 51.3 Å². The molecule has 1 N–H and O–H groups in total. The van der Waals surface area contributed by atoms with Gasteiger partial charge >= 0.3 is 5.97 Å². The van der Waals surface area contributed by atoms with Crippen molar-refractivity contribution in [1.29, 1.82) is 5.26 Å². The fraction of sp³-hybridized carbons (Fsp3) is 0.0833. The number of nitrogens with zero attached hydrogens (tertiary/aromatic N) is 4. The molecule has 0 unspecified atom stereocenters. The van der Waals surface area contributed by atoms with Crippen molar-refractivity contribution >= 4 is 11.7 Å². The first-order valence-electron chi connectivity index (χ1n) is 5.42. The normalized spacial score (nSPS) is 10.0. The molecule has 2 rings (SSSR count). The molecule has 100 valence electrons. The molecule has 0 atom stereocenters. The van der Waals surface area contributed by atoms with E-state index in [9.17, 15) is 14.9 Å². The van der Waals surface area contributed by atoms with Crippen LogP contribution in [0, 0.1) is 28.4 Å². The van der Waals surface area contributed by atoms with Gasteiger partial charge in [0.2, 0.25) is 0 Å². The minimum absolute atomic E-state index is 0.00671. The van der Waals surface area contributed by atoms with Gasteiger partial charge in [-0.1, -0.05) is 0 Å². The number of rotatable bonds is 3. The van der Waals surface area contributed by atoms with Crippen LogP contribution in [0.3, 0.4) is 0 Å². The number of nitro groups is 1. The molecule has 0 aliphatic heterocycles. The van der Waals surface area contributed by atoms with Crippen LogP contribution in [-0.2, 0) is 0 Å². The number of aryl methyl sites for hydroxylation is 1. The molecule has 2 aromatic rings. The molecule has 0 saturated carbocycles. The monoisotopic (exact) mass is 272 g/mol. The van der Waals surface area contributed by atoms with E-state index in [2.05, 4.69) is 5.10 Å². The smallest absolute Gasteiger partial charge is 0.339 e. The number of carboxylic acids is 1. The first kappa shape index (κ1) is 13.2. The van der Waals surface area contributed by atoms with E-state index in [0.29, 0.717) is 5.69 Å². The lowest BCUT2D eigenvalue weighted by atomic mass is 10.1. The maximum absolute atomic E-state index is 11.0. The van der Waals surface area contributed by atoms with Gasteiger partial charge in [-0.2, -0.15) is 10.4 Å². The summed E-state index contributed by atoms with van der Waals surface area (Å²) in [5, 5.41) is 32.7. The molecule has 0 aliphatic rings. The van der Waals surface area contributed by atoms with Gasteiger partial charge in [0.1, 0.15) is 11.6 Å². The number of aromatic nitrogens is 2. The summed E-state index contributed by atoms with van der Waals surface area (Å²) in [4.78, 5) is 21.0. The van der Waals surface area contributed by atoms with Crippen molar-refractivity contribution < 1.29 is 14.8 Å². The average Bonchev–Trinajstić information content (AvgIpc) is 2.80. The molecule has 1 aromatic carbocycles. The maximum Gasteiger partial charge on any atom is 0.339 e. The Kier molecular flexibility index (Phi) is 3.18. The highest BCUT2D eigenvalue weighted by molar-refractivity contribution is 5.88. The van der Waals surface area contributed by atoms with Crippen LogP contribution < -0.4 is 0 Å². The fourth-order valence-corrected chi connectivity index (χ4v) is 1.72. The summed E-state index contributed by atoms with van der Waals surface area (Å²) >= 11 is 0. The Morgan fingerprint density at radius 3 is 2.75 bits per heavy atom. The van der Waals surface area contributed by atoms with Crippen molar-refractivity contribution in [3.63, 3.8) is 0 Å². The van der Waals surface area contributed by atoms with Gasteiger partial charge in [-0.3, -0.25) is 10.1 Å². The number of carboxylic acid groups (broad SMARTS) is 1. The zero-order valence-electron chi connectivity index (χ0n) is 10.3. The van der Waals surface area contributed by atoms with Gasteiger partial charge in [-0.15, -0.1) is 0 Å². The molecule has 0 radical (unpaired) electrons. The number of aromatic carboxylic acids is 1. The number of hydrogen-bond donors (Lipinski definition) is 1. The lowest BCUT2D eigenvalue weighted by Gasteiger charge is -2.03. The third-order valence-corrected chi connectivity index (χ3v) is 2.69. The highest BCUT2D eigenvalue weighted by Gasteiger charge is 2.16. The molecular weight excluding hydrogens is 264 g/mol. The Bertz CT molecular complexity index is 757. The molecule has 1 aromatic heterocycles. The van der Waals surface area contributed by atoms with Crippen molar-refractivity contribution in [3.8, 4) is 11.8 Å². The van der Waals surface area contributed by atoms with Crippen molar-refractivity contribution in [2.24, 2.45) is 0 Å². The fourth-order valence-electron chi connectivity index (χ4n) is 1.72. The summed E-state index contributed by atoms with van der Waals surface area (Å²) in [5.41, 5.74) is 0.409. The van der Waals surface area contributed by atoms with Crippen LogP contribution >= 0.6 is 0 Å². The lowest BCUT2D eigenvalue weighted by molar-refractivity contribution is -0.384. The van der Waals surface area contributed by atoms with Gasteiger partial charge in [0.25, 0.3) is 5.69 Å². The number of hydrogen-bond acceptors (Lipinski definition) is 5. The van der Waals surface area contributed by atoms with Crippen LogP contribution in [0.2, 0.25) is 0 Å². The standard InChI is InChI=1S/C12H8N4O4/c1-7-10(12(17)18)6-15(14-7)11-3-2-9(16(19)20)4-8(11)5-13/h2-4,6H,1H3,(H,17,18). The maximum atomic E-state index is 11.0. The number of benzene rings is 1. The molecule has 20 heavy (non-hydrogen) atoms. The number of nitriles is 1. The molecule has 0 saturated heterocycles. The van der Waals surface area contributed by atoms with Crippen molar-refractivity contribution in [2.45, 2.75) is 6.92 Å². The largest absolute Gasteiger partial charge is 0.478 e. The Labute approximate surface area is 112 Å². The summed E-state index contributed by atoms with van der Waals surface area (Å²) in [6.07, 6.45) is 1.26. The predicted molar refractivity (Wildman–Crippen MR) is 66.6 cm³/mol. The topological polar surface area (TPSA) is 122 Å². The van der Waals surface area contributed by atoms with E-state index in [1.54, 1.807) is 0 Å². The average molecular weight is 272 g/mol. The van der Waals surface area contributed by atoms with Crippen LogP contribution in [0.15, 0.2) is 24.4 Å². The zero-order chi connectivity index (χ0) is 14.9. The first-order valence-corrected chi connectivity index (χ1v) is 5.42. The van der Waals surface area contributed by atoms with Gasteiger partial charge in [0.05, 0.1) is 21.9 Å². The van der Waals surface area contributed by atoms with E-state index in [-0.39, 0.29) is 22.5 Å². The minimum atomic E-state index is -1.13. The third-order valence-electron chi connectivity index (χ3n) is 2.69. The number of carbonyl (C=O) groups is 1. The Morgan fingerprint density at radius 1 is 1.55 bits per heavy atom. The highest BCUT2D eigenvalue weighted by atomic mass is 16.6. The van der Waals surface area contributed by atoms with Gasteiger partial charge in [-0.25, -0.2) is 9.48 Å². The van der Waals surface area contributed by atoms with E-state index in [1.165, 1.54) is 29.9 Å². The predicted octanol–water partition coefficient (Wildman–Crippen LogP) is 1.66. The zero-order valence-corrected chi connectivity index (χ0v) is 10.3. The molecule has 0 spiro atoms. The van der Waals surface area contributed by atoms with Crippen LogP contribution in [0.1, 0.15) is 21.6 Å². The Hall–Kier alpha value is -3.21. The Balaban J connectivity index is 2.59. The molecule has 0 amide bonds. The molecular formula is C12H8N4O4. The third kappa shape index (κ3) is 2.20. The van der Waals surface area contributed by atoms with E-state index >= 15 is 0 Å². The minimum Gasteiger partial charge on any atom is -0.478 e. The number of nitro benzene ring substituents is 1. The quantitative estimate of drug-likeness (QED) is 0.669. The van der Waals surface area contributed by atoms with Crippen LogP contribution in [-0.4, -0.2) is 25.8 Å². The summed E-state index contributed by atoms with van der Waals surface area (Å²) in [6, 6.07) is 5.54. The van der Waals surface area contributed by atoms with E-state index in [4.69, 9.17) is 10.4 Å². The highest BCUT2D eigenvalue weighted by Crippen LogP contribution is 2.21. The van der Waals surface area contributed by atoms with Crippen LogP contribution in [0.4, 0.5) is 5.69 Å². The van der Waals surface area contributed by atoms with E-state index in [1.807, 2.05) is 6.07 Å². The Morgan fingerprint density at radius 2 is 2.25 bits per heavy atom. The lowest BCUT2D eigenvalue weighted by Crippen LogP contribution is -2.00. The summed E-state index contributed by atoms with van der Waals surface area (Å²) in [5.74, 6) is -1.13. The van der Waals surface area contributed by atoms with Gasteiger partial charge in [0.15, 0.2) is 0 Å². The molecule has 8 nitrogen and oxygen atoms in total. The van der Waals surface area contributed by atoms with Gasteiger partial charge < -0.3 is 5.11 Å². The molecule has 0 fully saturated rings. The molecule has 1 heterocycles. The van der Waals surface area contributed by atoms with Crippen molar-refractivity contribution in [1.82, 2.24) is 9.78 Å². The SMILES string of the molecule is Cc1nn(-c2ccc([N+](=O)[O-])cc2C#N)cc1C(=O)O. The second-order valence-electron chi connectivity index (χ2n) is 3.95. The summed E-state index contributed by atoms with van der Waals surface area (Å²) in [7, 11) is 0. The van der Waals surface area contributed by atoms with Gasteiger partial charge in [-0.05, 0) is 13.0 Å². The number of non-ortho nitro benzene ring substituents is 1. The van der Waals surface area contributed by atoms with E-state index in [0.717, 1.165) is 6.07 Å². The second-order valence-corrected chi connectivity index (χ2v) is 3.95.